The number of rotatable bonds is 7. The molecule has 1 amide bonds. The lowest BCUT2D eigenvalue weighted by Gasteiger charge is -2.28. The van der Waals surface area contributed by atoms with E-state index >= 15 is 0 Å². The Balaban J connectivity index is 1.48. The van der Waals surface area contributed by atoms with E-state index in [1.54, 1.807) is 4.90 Å². The van der Waals surface area contributed by atoms with E-state index in [9.17, 15) is 9.59 Å². The first-order valence-electron chi connectivity index (χ1n) is 11.7. The number of aromatic amines is 1. The molecule has 2 aromatic carbocycles. The van der Waals surface area contributed by atoms with Crippen molar-refractivity contribution < 1.29 is 4.79 Å². The largest absolute Gasteiger partial charge is 0.334 e. The summed E-state index contributed by atoms with van der Waals surface area (Å²) in [5, 5.41) is 0. The van der Waals surface area contributed by atoms with Crippen LogP contribution in [0.5, 0.6) is 0 Å². The molecule has 1 aromatic heterocycles. The summed E-state index contributed by atoms with van der Waals surface area (Å²) in [7, 11) is 0. The number of unbranched alkanes of at least 4 members (excludes halogenated alkanes) is 2. The van der Waals surface area contributed by atoms with Crippen molar-refractivity contribution in [2.24, 2.45) is 0 Å². The van der Waals surface area contributed by atoms with E-state index in [0.29, 0.717) is 36.5 Å². The lowest BCUT2D eigenvalue weighted by Crippen LogP contribution is -2.39. The van der Waals surface area contributed by atoms with Gasteiger partial charge in [0.05, 0.1) is 17.8 Å². The highest BCUT2D eigenvalue weighted by atomic mass is 16.2. The van der Waals surface area contributed by atoms with Gasteiger partial charge < -0.3 is 9.88 Å². The van der Waals surface area contributed by atoms with Crippen LogP contribution in [0, 0.1) is 0 Å². The zero-order valence-corrected chi connectivity index (χ0v) is 19.0. The van der Waals surface area contributed by atoms with Gasteiger partial charge in [0, 0.05) is 24.1 Å². The van der Waals surface area contributed by atoms with E-state index in [0.717, 1.165) is 24.1 Å². The molecular weight excluding hydrogens is 398 g/mol. The van der Waals surface area contributed by atoms with Crippen LogP contribution in [0.25, 0.3) is 11.4 Å². The molecule has 0 atom stereocenters. The minimum atomic E-state index is -0.159. The Labute approximate surface area is 189 Å². The number of benzene rings is 2. The predicted octanol–water partition coefficient (Wildman–Crippen LogP) is 4.93. The summed E-state index contributed by atoms with van der Waals surface area (Å²) in [5.74, 6) is 0.559. The molecule has 0 spiro atoms. The standard InChI is InChI=1S/C27H31N3O2/c1-3-5-6-7-20-10-14-22(15-11-20)27(32)30-17-16-24-23(18-30)26(31)29-25(28-24)21-12-8-19(4-2)9-13-21/h8-15H,3-7,16-18H2,1-2H3,(H,28,29,31). The van der Waals surface area contributed by atoms with Gasteiger partial charge >= 0.3 is 0 Å². The zero-order chi connectivity index (χ0) is 22.5. The zero-order valence-electron chi connectivity index (χ0n) is 19.0. The summed E-state index contributed by atoms with van der Waals surface area (Å²) < 4.78 is 0. The quantitative estimate of drug-likeness (QED) is 0.542. The molecule has 2 heterocycles. The first-order chi connectivity index (χ1) is 15.6. The van der Waals surface area contributed by atoms with Crippen LogP contribution in [0.3, 0.4) is 0 Å². The average Bonchev–Trinajstić information content (AvgIpc) is 2.84. The van der Waals surface area contributed by atoms with Crippen molar-refractivity contribution in [2.75, 3.05) is 6.54 Å². The minimum absolute atomic E-state index is 0.0330. The molecule has 1 aliphatic heterocycles. The van der Waals surface area contributed by atoms with E-state index < -0.39 is 0 Å². The third-order valence-electron chi connectivity index (χ3n) is 6.26. The summed E-state index contributed by atoms with van der Waals surface area (Å²) in [5.41, 5.74) is 5.31. The lowest BCUT2D eigenvalue weighted by molar-refractivity contribution is 0.0732. The van der Waals surface area contributed by atoms with Crippen LogP contribution in [0.1, 0.15) is 65.9 Å². The summed E-state index contributed by atoms with van der Waals surface area (Å²) in [6, 6.07) is 16.0. The van der Waals surface area contributed by atoms with Crippen LogP contribution < -0.4 is 5.56 Å². The molecule has 1 N–H and O–H groups in total. The van der Waals surface area contributed by atoms with Gasteiger partial charge in [-0.15, -0.1) is 0 Å². The molecular formula is C27H31N3O2. The van der Waals surface area contributed by atoms with Crippen LogP contribution in [-0.4, -0.2) is 27.3 Å². The van der Waals surface area contributed by atoms with Gasteiger partial charge in [-0.3, -0.25) is 9.59 Å². The smallest absolute Gasteiger partial charge is 0.256 e. The Morgan fingerprint density at radius 2 is 1.72 bits per heavy atom. The van der Waals surface area contributed by atoms with Gasteiger partial charge in [-0.25, -0.2) is 4.98 Å². The number of aromatic nitrogens is 2. The Morgan fingerprint density at radius 1 is 1.00 bits per heavy atom. The van der Waals surface area contributed by atoms with E-state index in [2.05, 4.69) is 31.0 Å². The number of amides is 1. The second-order valence-corrected chi connectivity index (χ2v) is 8.52. The summed E-state index contributed by atoms with van der Waals surface area (Å²) in [6.45, 7) is 5.17. The molecule has 32 heavy (non-hydrogen) atoms. The number of fused-ring (bicyclic) bond motifs is 1. The second-order valence-electron chi connectivity index (χ2n) is 8.52. The molecule has 0 saturated carbocycles. The number of hydrogen-bond acceptors (Lipinski definition) is 3. The molecule has 0 bridgehead atoms. The molecule has 0 aliphatic carbocycles. The number of carbonyl (C=O) groups excluding carboxylic acids is 1. The second kappa shape index (κ2) is 9.94. The van der Waals surface area contributed by atoms with Gasteiger partial charge in [0.1, 0.15) is 5.82 Å². The number of carbonyl (C=O) groups is 1. The molecule has 5 heteroatoms. The number of H-pyrrole nitrogens is 1. The topological polar surface area (TPSA) is 66.1 Å². The number of nitrogens with one attached hydrogen (secondary N) is 1. The SMILES string of the molecule is CCCCCc1ccc(C(=O)N2CCc3nc(-c4ccc(CC)cc4)[nH]c(=O)c3C2)cc1. The van der Waals surface area contributed by atoms with Crippen LogP contribution >= 0.6 is 0 Å². The number of aryl methyl sites for hydroxylation is 2. The Bertz CT molecular complexity index is 1130. The van der Waals surface area contributed by atoms with Crippen molar-refractivity contribution in [1.29, 1.82) is 0 Å². The van der Waals surface area contributed by atoms with Crippen molar-refractivity contribution in [3.63, 3.8) is 0 Å². The Morgan fingerprint density at radius 3 is 2.41 bits per heavy atom. The first-order valence-corrected chi connectivity index (χ1v) is 11.7. The van der Waals surface area contributed by atoms with Crippen molar-refractivity contribution in [3.8, 4) is 11.4 Å². The minimum Gasteiger partial charge on any atom is -0.334 e. The first kappa shape index (κ1) is 22.0. The van der Waals surface area contributed by atoms with E-state index in [1.807, 2.05) is 36.4 Å². The molecule has 166 valence electrons. The monoisotopic (exact) mass is 429 g/mol. The fraction of sp³-hybridized carbons (Fsp3) is 0.370. The fourth-order valence-electron chi connectivity index (χ4n) is 4.21. The number of hydrogen-bond donors (Lipinski definition) is 1. The van der Waals surface area contributed by atoms with Gasteiger partial charge in [0.2, 0.25) is 0 Å². The van der Waals surface area contributed by atoms with Crippen LogP contribution in [0.15, 0.2) is 53.3 Å². The van der Waals surface area contributed by atoms with Gasteiger partial charge in [-0.1, -0.05) is 63.1 Å². The summed E-state index contributed by atoms with van der Waals surface area (Å²) in [6.07, 6.45) is 6.20. The third kappa shape index (κ3) is 4.82. The molecule has 5 nitrogen and oxygen atoms in total. The van der Waals surface area contributed by atoms with Crippen molar-refractivity contribution in [3.05, 3.63) is 86.8 Å². The number of nitrogens with zero attached hydrogens (tertiary/aromatic N) is 2. The fourth-order valence-corrected chi connectivity index (χ4v) is 4.21. The van der Waals surface area contributed by atoms with Gasteiger partial charge in [-0.05, 0) is 42.5 Å². The van der Waals surface area contributed by atoms with Crippen molar-refractivity contribution in [2.45, 2.75) is 58.9 Å². The predicted molar refractivity (Wildman–Crippen MR) is 128 cm³/mol. The molecule has 0 fully saturated rings. The normalized spacial score (nSPS) is 13.1. The highest BCUT2D eigenvalue weighted by Gasteiger charge is 2.25. The maximum absolute atomic E-state index is 13.0. The molecule has 1 aliphatic rings. The maximum atomic E-state index is 13.0. The van der Waals surface area contributed by atoms with Crippen LogP contribution in [-0.2, 0) is 25.8 Å². The molecule has 0 radical (unpaired) electrons. The average molecular weight is 430 g/mol. The van der Waals surface area contributed by atoms with Gasteiger partial charge in [0.15, 0.2) is 0 Å². The third-order valence-corrected chi connectivity index (χ3v) is 6.26. The maximum Gasteiger partial charge on any atom is 0.256 e. The molecule has 3 aromatic rings. The summed E-state index contributed by atoms with van der Waals surface area (Å²) >= 11 is 0. The van der Waals surface area contributed by atoms with Gasteiger partial charge in [-0.2, -0.15) is 0 Å². The highest BCUT2D eigenvalue weighted by Crippen LogP contribution is 2.21. The van der Waals surface area contributed by atoms with Gasteiger partial charge in [0.25, 0.3) is 11.5 Å². The van der Waals surface area contributed by atoms with Crippen molar-refractivity contribution in [1.82, 2.24) is 14.9 Å². The van der Waals surface area contributed by atoms with E-state index in [1.165, 1.54) is 30.4 Å². The lowest BCUT2D eigenvalue weighted by atomic mass is 10.0. The van der Waals surface area contributed by atoms with Crippen LogP contribution in [0.2, 0.25) is 0 Å². The molecule has 4 rings (SSSR count). The van der Waals surface area contributed by atoms with Crippen LogP contribution in [0.4, 0.5) is 0 Å². The molecule has 0 unspecified atom stereocenters. The van der Waals surface area contributed by atoms with E-state index in [4.69, 9.17) is 4.98 Å². The van der Waals surface area contributed by atoms with Crippen molar-refractivity contribution >= 4 is 5.91 Å². The Kier molecular flexibility index (Phi) is 6.84. The highest BCUT2D eigenvalue weighted by molar-refractivity contribution is 5.94. The van der Waals surface area contributed by atoms with E-state index in [-0.39, 0.29) is 11.5 Å². The Hall–Kier alpha value is -3.21. The summed E-state index contributed by atoms with van der Waals surface area (Å²) in [4.78, 5) is 35.2. The molecule has 0 saturated heterocycles.